The van der Waals surface area contributed by atoms with E-state index in [1.54, 1.807) is 28.8 Å². The Morgan fingerprint density at radius 1 is 1.50 bits per heavy atom. The highest BCUT2D eigenvalue weighted by atomic mass is 32.2. The van der Waals surface area contributed by atoms with Gasteiger partial charge in [0, 0.05) is 5.75 Å². The predicted molar refractivity (Wildman–Crippen MR) is 85.6 cm³/mol. The summed E-state index contributed by atoms with van der Waals surface area (Å²) in [5, 5.41) is -0.0404. The molecular formula is C16H23NO4S. The van der Waals surface area contributed by atoms with Gasteiger partial charge in [-0.15, -0.1) is 11.8 Å². The molecule has 1 saturated heterocycles. The van der Waals surface area contributed by atoms with E-state index in [0.717, 1.165) is 12.8 Å². The molecule has 0 aromatic carbocycles. The summed E-state index contributed by atoms with van der Waals surface area (Å²) in [6.07, 6.45) is 3.27. The predicted octanol–water partition coefficient (Wildman–Crippen LogP) is 3.16. The number of furan rings is 1. The molecule has 1 aliphatic rings. The zero-order chi connectivity index (χ0) is 16.1. The van der Waals surface area contributed by atoms with Crippen molar-refractivity contribution >= 4 is 23.6 Å². The Bertz CT molecular complexity index is 500. The van der Waals surface area contributed by atoms with E-state index in [1.165, 1.54) is 6.26 Å². The van der Waals surface area contributed by atoms with Crippen LogP contribution in [0.2, 0.25) is 0 Å². The minimum atomic E-state index is -0.535. The van der Waals surface area contributed by atoms with Crippen LogP contribution in [0, 0.1) is 5.92 Å². The minimum Gasteiger partial charge on any atom is -0.464 e. The van der Waals surface area contributed by atoms with Gasteiger partial charge in [-0.05, 0) is 24.5 Å². The monoisotopic (exact) mass is 325 g/mol. The van der Waals surface area contributed by atoms with Crippen molar-refractivity contribution in [2.45, 2.75) is 45.0 Å². The van der Waals surface area contributed by atoms with Gasteiger partial charge in [0.25, 0.3) is 5.91 Å². The number of unbranched alkanes of at least 4 members (excludes halogenated alkanes) is 1. The number of hydrogen-bond acceptors (Lipinski definition) is 5. The van der Waals surface area contributed by atoms with Crippen LogP contribution in [0.3, 0.4) is 0 Å². The van der Waals surface area contributed by atoms with Crippen LogP contribution >= 0.6 is 11.8 Å². The van der Waals surface area contributed by atoms with Gasteiger partial charge in [0.2, 0.25) is 0 Å². The van der Waals surface area contributed by atoms with Crippen molar-refractivity contribution < 1.29 is 18.7 Å². The first-order valence-electron chi connectivity index (χ1n) is 7.70. The lowest BCUT2D eigenvalue weighted by Crippen LogP contribution is -2.47. The molecule has 1 amide bonds. The molecule has 0 aliphatic carbocycles. The molecule has 2 heterocycles. The van der Waals surface area contributed by atoms with E-state index in [4.69, 9.17) is 9.15 Å². The van der Waals surface area contributed by atoms with E-state index in [0.29, 0.717) is 12.4 Å². The molecule has 2 rings (SSSR count). The number of esters is 1. The van der Waals surface area contributed by atoms with Crippen LogP contribution in [0.4, 0.5) is 0 Å². The lowest BCUT2D eigenvalue weighted by molar-refractivity contribution is -0.148. The summed E-state index contributed by atoms with van der Waals surface area (Å²) in [6, 6.07) is 2.77. The summed E-state index contributed by atoms with van der Waals surface area (Å²) in [6.45, 7) is 6.54. The maximum absolute atomic E-state index is 12.7. The number of amides is 1. The summed E-state index contributed by atoms with van der Waals surface area (Å²) in [7, 11) is 0. The zero-order valence-electron chi connectivity index (χ0n) is 13.3. The molecule has 1 fully saturated rings. The molecule has 6 heteroatoms. The number of carbonyl (C=O) groups is 2. The third-order valence-corrected chi connectivity index (χ3v) is 5.21. The van der Waals surface area contributed by atoms with Crippen molar-refractivity contribution in [3.8, 4) is 0 Å². The van der Waals surface area contributed by atoms with Crippen LogP contribution in [0.15, 0.2) is 22.8 Å². The molecule has 2 atom stereocenters. The van der Waals surface area contributed by atoms with Gasteiger partial charge in [-0.3, -0.25) is 4.79 Å². The van der Waals surface area contributed by atoms with E-state index in [1.807, 2.05) is 20.8 Å². The molecule has 2 unspecified atom stereocenters. The first kappa shape index (κ1) is 16.9. The lowest BCUT2D eigenvalue weighted by atomic mass is 10.1. The second-order valence-corrected chi connectivity index (χ2v) is 6.84. The second-order valence-electron chi connectivity index (χ2n) is 5.69. The number of thioether (sulfide) groups is 1. The first-order chi connectivity index (χ1) is 10.6. The summed E-state index contributed by atoms with van der Waals surface area (Å²) >= 11 is 1.62. The Balaban J connectivity index is 2.14. The Kier molecular flexibility index (Phi) is 5.94. The average molecular weight is 325 g/mol. The van der Waals surface area contributed by atoms with Crippen molar-refractivity contribution in [1.82, 2.24) is 4.90 Å². The molecule has 1 aromatic rings. The van der Waals surface area contributed by atoms with Gasteiger partial charge in [0.15, 0.2) is 5.76 Å². The Morgan fingerprint density at radius 2 is 2.27 bits per heavy atom. The maximum Gasteiger partial charge on any atom is 0.329 e. The van der Waals surface area contributed by atoms with Gasteiger partial charge >= 0.3 is 5.97 Å². The molecule has 0 radical (unpaired) electrons. The Labute approximate surface area is 135 Å². The fraction of sp³-hybridized carbons (Fsp3) is 0.625. The van der Waals surface area contributed by atoms with Gasteiger partial charge in [0.05, 0.1) is 18.2 Å². The highest BCUT2D eigenvalue weighted by molar-refractivity contribution is 8.00. The van der Waals surface area contributed by atoms with Crippen molar-refractivity contribution in [2.75, 3.05) is 12.4 Å². The molecule has 0 saturated carbocycles. The Hall–Kier alpha value is -1.43. The smallest absolute Gasteiger partial charge is 0.329 e. The largest absolute Gasteiger partial charge is 0.464 e. The number of hydrogen-bond donors (Lipinski definition) is 0. The van der Waals surface area contributed by atoms with Gasteiger partial charge in [0.1, 0.15) is 6.04 Å². The van der Waals surface area contributed by atoms with E-state index < -0.39 is 6.04 Å². The normalized spacial score (nSPS) is 21.4. The molecule has 22 heavy (non-hydrogen) atoms. The van der Waals surface area contributed by atoms with Crippen LogP contribution in [0.1, 0.15) is 44.2 Å². The number of rotatable bonds is 6. The van der Waals surface area contributed by atoms with Gasteiger partial charge in [-0.2, -0.15) is 0 Å². The fourth-order valence-electron chi connectivity index (χ4n) is 2.42. The van der Waals surface area contributed by atoms with Crippen LogP contribution < -0.4 is 0 Å². The SMILES string of the molecule is CCCCOC(=O)C1CSC(C(C)C)N1C(=O)c1ccco1. The van der Waals surface area contributed by atoms with Crippen LogP contribution in [0.5, 0.6) is 0 Å². The van der Waals surface area contributed by atoms with Crippen molar-refractivity contribution in [1.29, 1.82) is 0 Å². The lowest BCUT2D eigenvalue weighted by Gasteiger charge is -2.29. The molecule has 0 bridgehead atoms. The standard InChI is InChI=1S/C16H23NO4S/c1-4-5-8-21-16(19)12-10-22-15(11(2)3)17(12)14(18)13-7-6-9-20-13/h6-7,9,11-12,15H,4-5,8,10H2,1-3H3. The third kappa shape index (κ3) is 3.66. The third-order valence-electron chi connectivity index (χ3n) is 3.59. The van der Waals surface area contributed by atoms with E-state index in [2.05, 4.69) is 0 Å². The van der Waals surface area contributed by atoms with Crippen LogP contribution in [-0.4, -0.2) is 40.6 Å². The average Bonchev–Trinajstić information content (AvgIpc) is 3.16. The molecule has 5 nitrogen and oxygen atoms in total. The molecule has 1 aromatic heterocycles. The molecule has 122 valence electrons. The van der Waals surface area contributed by atoms with Crippen molar-refractivity contribution in [3.63, 3.8) is 0 Å². The van der Waals surface area contributed by atoms with Gasteiger partial charge in [-0.25, -0.2) is 4.79 Å². The van der Waals surface area contributed by atoms with E-state index in [-0.39, 0.29) is 28.9 Å². The zero-order valence-corrected chi connectivity index (χ0v) is 14.1. The fourth-order valence-corrected chi connectivity index (χ4v) is 3.89. The molecular weight excluding hydrogens is 302 g/mol. The van der Waals surface area contributed by atoms with E-state index >= 15 is 0 Å². The van der Waals surface area contributed by atoms with Gasteiger partial charge in [-0.1, -0.05) is 27.2 Å². The van der Waals surface area contributed by atoms with Gasteiger partial charge < -0.3 is 14.1 Å². The minimum absolute atomic E-state index is 0.0404. The van der Waals surface area contributed by atoms with Crippen LogP contribution in [-0.2, 0) is 9.53 Å². The Morgan fingerprint density at radius 3 is 2.86 bits per heavy atom. The highest BCUT2D eigenvalue weighted by Gasteiger charge is 2.44. The van der Waals surface area contributed by atoms with Crippen molar-refractivity contribution in [2.24, 2.45) is 5.92 Å². The molecule has 0 spiro atoms. The maximum atomic E-state index is 12.7. The quantitative estimate of drug-likeness (QED) is 0.594. The second kappa shape index (κ2) is 7.72. The molecule has 0 N–H and O–H groups in total. The van der Waals surface area contributed by atoms with Crippen LogP contribution in [0.25, 0.3) is 0 Å². The van der Waals surface area contributed by atoms with Crippen molar-refractivity contribution in [3.05, 3.63) is 24.2 Å². The summed E-state index contributed by atoms with van der Waals surface area (Å²) in [5.74, 6) is 0.521. The number of carbonyl (C=O) groups excluding carboxylic acids is 2. The summed E-state index contributed by atoms with van der Waals surface area (Å²) < 4.78 is 10.5. The summed E-state index contributed by atoms with van der Waals surface area (Å²) in [4.78, 5) is 26.6. The first-order valence-corrected chi connectivity index (χ1v) is 8.75. The topological polar surface area (TPSA) is 59.8 Å². The summed E-state index contributed by atoms with van der Waals surface area (Å²) in [5.41, 5.74) is 0. The van der Waals surface area contributed by atoms with E-state index in [9.17, 15) is 9.59 Å². The number of ether oxygens (including phenoxy) is 1. The molecule has 1 aliphatic heterocycles. The highest BCUT2D eigenvalue weighted by Crippen LogP contribution is 2.35. The number of nitrogens with zero attached hydrogens (tertiary/aromatic N) is 1.